The van der Waals surface area contributed by atoms with E-state index in [2.05, 4.69) is 0 Å². The fourth-order valence-corrected chi connectivity index (χ4v) is 2.04. The van der Waals surface area contributed by atoms with Crippen LogP contribution in [0, 0.1) is 5.82 Å². The van der Waals surface area contributed by atoms with Crippen LogP contribution < -0.4 is 15.4 Å². The third-order valence-corrected chi connectivity index (χ3v) is 2.98. The van der Waals surface area contributed by atoms with Crippen LogP contribution in [-0.4, -0.2) is 25.1 Å². The van der Waals surface area contributed by atoms with Crippen molar-refractivity contribution in [1.29, 1.82) is 0 Å². The highest BCUT2D eigenvalue weighted by atomic mass is 19.1. The molecule has 0 aromatic heterocycles. The number of hydrogen-bond acceptors (Lipinski definition) is 3. The summed E-state index contributed by atoms with van der Waals surface area (Å²) in [6, 6.07) is 4.23. The summed E-state index contributed by atoms with van der Waals surface area (Å²) in [7, 11) is 0. The van der Waals surface area contributed by atoms with Crippen LogP contribution in [0.1, 0.15) is 19.8 Å². The van der Waals surface area contributed by atoms with Gasteiger partial charge in [0.25, 0.3) is 5.91 Å². The van der Waals surface area contributed by atoms with E-state index < -0.39 is 6.10 Å². The minimum absolute atomic E-state index is 0.121. The highest BCUT2D eigenvalue weighted by Crippen LogP contribution is 2.35. The van der Waals surface area contributed by atoms with E-state index in [9.17, 15) is 9.18 Å². The molecule has 1 aliphatic rings. The first-order valence-electron chi connectivity index (χ1n) is 6.15. The Kier molecular flexibility index (Phi) is 3.81. The van der Waals surface area contributed by atoms with Gasteiger partial charge in [-0.05, 0) is 31.5 Å². The number of carbonyl (C=O) groups is 1. The Morgan fingerprint density at radius 3 is 2.94 bits per heavy atom. The zero-order valence-corrected chi connectivity index (χ0v) is 10.4. The Labute approximate surface area is 106 Å². The summed E-state index contributed by atoms with van der Waals surface area (Å²) in [6.45, 7) is 2.87. The minimum atomic E-state index is -0.485. The van der Waals surface area contributed by atoms with Crippen molar-refractivity contribution < 1.29 is 13.9 Å². The van der Waals surface area contributed by atoms with E-state index in [0.29, 0.717) is 37.4 Å². The predicted octanol–water partition coefficient (Wildman–Crippen LogP) is 1.68. The molecular weight excluding hydrogens is 235 g/mol. The van der Waals surface area contributed by atoms with Gasteiger partial charge in [-0.15, -0.1) is 0 Å². The van der Waals surface area contributed by atoms with Crippen molar-refractivity contribution in [3.63, 3.8) is 0 Å². The van der Waals surface area contributed by atoms with Gasteiger partial charge in [-0.1, -0.05) is 6.92 Å². The van der Waals surface area contributed by atoms with Gasteiger partial charge in [0.1, 0.15) is 11.6 Å². The van der Waals surface area contributed by atoms with E-state index in [1.165, 1.54) is 12.1 Å². The number of carbonyl (C=O) groups excluding carboxylic acids is 1. The number of fused-ring (bicyclic) bond motifs is 1. The molecule has 0 spiro atoms. The lowest BCUT2D eigenvalue weighted by molar-refractivity contribution is -0.126. The normalized spacial score (nSPS) is 18.5. The minimum Gasteiger partial charge on any atom is -0.478 e. The standard InChI is InChI=1S/C13H17FN2O2/c1-2-11-13(17)16(7-3-6-15)10-8-9(14)4-5-12(10)18-11/h4-5,8,11H,2-3,6-7,15H2,1H3. The Hall–Kier alpha value is -1.62. The summed E-state index contributed by atoms with van der Waals surface area (Å²) in [4.78, 5) is 13.7. The predicted molar refractivity (Wildman–Crippen MR) is 67.1 cm³/mol. The quantitative estimate of drug-likeness (QED) is 0.887. The van der Waals surface area contributed by atoms with Gasteiger partial charge in [0.2, 0.25) is 0 Å². The molecule has 1 aromatic rings. The lowest BCUT2D eigenvalue weighted by atomic mass is 10.1. The van der Waals surface area contributed by atoms with Gasteiger partial charge < -0.3 is 15.4 Å². The zero-order valence-electron chi connectivity index (χ0n) is 10.4. The van der Waals surface area contributed by atoms with Crippen molar-refractivity contribution in [3.8, 4) is 5.75 Å². The maximum absolute atomic E-state index is 13.3. The average molecular weight is 252 g/mol. The van der Waals surface area contributed by atoms with Crippen molar-refractivity contribution in [2.24, 2.45) is 5.73 Å². The second-order valence-corrected chi connectivity index (χ2v) is 4.26. The van der Waals surface area contributed by atoms with Gasteiger partial charge in [0.05, 0.1) is 5.69 Å². The van der Waals surface area contributed by atoms with Crippen LogP contribution in [0.2, 0.25) is 0 Å². The monoisotopic (exact) mass is 252 g/mol. The molecule has 0 saturated heterocycles. The van der Waals surface area contributed by atoms with E-state index >= 15 is 0 Å². The SMILES string of the molecule is CCC1Oc2ccc(F)cc2N(CCCN)C1=O. The lowest BCUT2D eigenvalue weighted by Gasteiger charge is -2.34. The molecule has 1 atom stereocenters. The van der Waals surface area contributed by atoms with Gasteiger partial charge in [0.15, 0.2) is 6.10 Å². The van der Waals surface area contributed by atoms with Crippen molar-refractivity contribution in [1.82, 2.24) is 0 Å². The summed E-state index contributed by atoms with van der Waals surface area (Å²) in [5, 5.41) is 0. The summed E-state index contributed by atoms with van der Waals surface area (Å²) in [5.41, 5.74) is 5.96. The van der Waals surface area contributed by atoms with Crippen LogP contribution >= 0.6 is 0 Å². The number of benzene rings is 1. The first kappa shape index (κ1) is 12.8. The van der Waals surface area contributed by atoms with E-state index in [4.69, 9.17) is 10.5 Å². The molecule has 4 nitrogen and oxygen atoms in total. The maximum Gasteiger partial charge on any atom is 0.268 e. The Morgan fingerprint density at radius 2 is 2.28 bits per heavy atom. The van der Waals surface area contributed by atoms with Crippen LogP contribution in [0.4, 0.5) is 10.1 Å². The molecule has 5 heteroatoms. The fourth-order valence-electron chi connectivity index (χ4n) is 2.04. The van der Waals surface area contributed by atoms with Crippen molar-refractivity contribution in [3.05, 3.63) is 24.0 Å². The van der Waals surface area contributed by atoms with Crippen molar-refractivity contribution >= 4 is 11.6 Å². The van der Waals surface area contributed by atoms with E-state index in [-0.39, 0.29) is 11.7 Å². The topological polar surface area (TPSA) is 55.6 Å². The summed E-state index contributed by atoms with van der Waals surface area (Å²) >= 11 is 0. The van der Waals surface area contributed by atoms with E-state index in [1.807, 2.05) is 6.92 Å². The van der Waals surface area contributed by atoms with Gasteiger partial charge in [-0.25, -0.2) is 4.39 Å². The smallest absolute Gasteiger partial charge is 0.268 e. The number of rotatable bonds is 4. The molecule has 2 rings (SSSR count). The average Bonchev–Trinajstić information content (AvgIpc) is 2.37. The Balaban J connectivity index is 2.36. The molecule has 1 heterocycles. The first-order chi connectivity index (χ1) is 8.67. The lowest BCUT2D eigenvalue weighted by Crippen LogP contribution is -2.46. The number of ether oxygens (including phenoxy) is 1. The first-order valence-corrected chi connectivity index (χ1v) is 6.15. The van der Waals surface area contributed by atoms with Gasteiger partial charge in [-0.3, -0.25) is 4.79 Å². The van der Waals surface area contributed by atoms with Crippen LogP contribution in [0.15, 0.2) is 18.2 Å². The third kappa shape index (κ3) is 2.31. The molecule has 1 aliphatic heterocycles. The molecule has 1 unspecified atom stereocenters. The maximum atomic E-state index is 13.3. The molecule has 18 heavy (non-hydrogen) atoms. The Bertz CT molecular complexity index is 451. The molecule has 2 N–H and O–H groups in total. The molecule has 0 fully saturated rings. The fraction of sp³-hybridized carbons (Fsp3) is 0.462. The van der Waals surface area contributed by atoms with Crippen LogP contribution in [0.25, 0.3) is 0 Å². The highest BCUT2D eigenvalue weighted by molar-refractivity contribution is 5.99. The van der Waals surface area contributed by atoms with Crippen LogP contribution in [0.5, 0.6) is 5.75 Å². The summed E-state index contributed by atoms with van der Waals surface area (Å²) < 4.78 is 18.8. The van der Waals surface area contributed by atoms with Gasteiger partial charge in [0, 0.05) is 12.6 Å². The number of nitrogens with zero attached hydrogens (tertiary/aromatic N) is 1. The molecule has 1 amide bonds. The second-order valence-electron chi connectivity index (χ2n) is 4.26. The number of hydrogen-bond donors (Lipinski definition) is 1. The number of amides is 1. The number of nitrogens with two attached hydrogens (primary N) is 1. The number of halogens is 1. The third-order valence-electron chi connectivity index (χ3n) is 2.98. The van der Waals surface area contributed by atoms with Crippen LogP contribution in [-0.2, 0) is 4.79 Å². The molecule has 98 valence electrons. The van der Waals surface area contributed by atoms with Gasteiger partial charge in [-0.2, -0.15) is 0 Å². The van der Waals surface area contributed by atoms with Crippen molar-refractivity contribution in [2.75, 3.05) is 18.0 Å². The van der Waals surface area contributed by atoms with Gasteiger partial charge >= 0.3 is 0 Å². The molecule has 0 bridgehead atoms. The molecule has 0 radical (unpaired) electrons. The zero-order chi connectivity index (χ0) is 13.1. The Morgan fingerprint density at radius 1 is 1.50 bits per heavy atom. The second kappa shape index (κ2) is 5.35. The number of anilines is 1. The molecule has 1 aromatic carbocycles. The highest BCUT2D eigenvalue weighted by Gasteiger charge is 2.33. The van der Waals surface area contributed by atoms with E-state index in [0.717, 1.165) is 0 Å². The largest absolute Gasteiger partial charge is 0.478 e. The summed E-state index contributed by atoms with van der Waals surface area (Å²) in [5.74, 6) is 0.0572. The molecular formula is C13H17FN2O2. The van der Waals surface area contributed by atoms with E-state index in [1.54, 1.807) is 11.0 Å². The van der Waals surface area contributed by atoms with Crippen LogP contribution in [0.3, 0.4) is 0 Å². The summed E-state index contributed by atoms with van der Waals surface area (Å²) in [6.07, 6.45) is 0.785. The molecule has 0 aliphatic carbocycles. The van der Waals surface area contributed by atoms with Crippen molar-refractivity contribution in [2.45, 2.75) is 25.9 Å². The molecule has 0 saturated carbocycles.